The van der Waals surface area contributed by atoms with E-state index in [0.29, 0.717) is 11.1 Å². The van der Waals surface area contributed by atoms with Gasteiger partial charge in [-0.2, -0.15) is 0 Å². The topological polar surface area (TPSA) is 74.5 Å². The maximum Gasteiger partial charge on any atom is 0.277 e. The number of piperazine rings is 1. The number of carbonyl (C=O) groups is 1. The van der Waals surface area contributed by atoms with Crippen LogP contribution in [-0.4, -0.2) is 59.0 Å². The smallest absolute Gasteiger partial charge is 0.277 e. The van der Waals surface area contributed by atoms with Crippen LogP contribution in [0.25, 0.3) is 11.5 Å². The summed E-state index contributed by atoms with van der Waals surface area (Å²) in [5, 5.41) is 11.5. The van der Waals surface area contributed by atoms with E-state index in [0.717, 1.165) is 43.5 Å². The number of thioether (sulfide) groups is 1. The first kappa shape index (κ1) is 23.9. The van der Waals surface area contributed by atoms with Crippen LogP contribution < -0.4 is 10.2 Å². The monoisotopic (exact) mass is 491 g/mol. The normalized spacial score (nSPS) is 17.5. The molecular weight excluding hydrogens is 458 g/mol. The molecule has 1 amide bonds. The number of carbonyl (C=O) groups excluding carboxylic acids is 1. The lowest BCUT2D eigenvalue weighted by molar-refractivity contribution is -0.113. The Morgan fingerprint density at radius 3 is 2.40 bits per heavy atom. The maximum absolute atomic E-state index is 12.4. The molecule has 1 saturated heterocycles. The Kier molecular flexibility index (Phi) is 7.69. The molecule has 0 bridgehead atoms. The van der Waals surface area contributed by atoms with Crippen LogP contribution in [0.5, 0.6) is 0 Å². The van der Waals surface area contributed by atoms with E-state index in [9.17, 15) is 4.79 Å². The van der Waals surface area contributed by atoms with Crippen molar-refractivity contribution in [3.63, 3.8) is 0 Å². The number of anilines is 2. The molecule has 1 saturated carbocycles. The van der Waals surface area contributed by atoms with Crippen LogP contribution in [0.4, 0.5) is 11.4 Å². The van der Waals surface area contributed by atoms with E-state index in [4.69, 9.17) is 4.42 Å². The van der Waals surface area contributed by atoms with Crippen LogP contribution in [0.3, 0.4) is 0 Å². The average molecular weight is 492 g/mol. The first-order chi connectivity index (χ1) is 17.1. The Hall–Kier alpha value is -2.84. The summed E-state index contributed by atoms with van der Waals surface area (Å²) >= 11 is 1.24. The minimum Gasteiger partial charge on any atom is -0.411 e. The molecule has 3 aromatic rings. The molecule has 1 aromatic heterocycles. The highest BCUT2D eigenvalue weighted by atomic mass is 32.2. The molecule has 5 rings (SSSR count). The van der Waals surface area contributed by atoms with Gasteiger partial charge in [0.15, 0.2) is 0 Å². The van der Waals surface area contributed by atoms with E-state index in [1.165, 1.54) is 55.1 Å². The quantitative estimate of drug-likeness (QED) is 0.454. The molecule has 2 aromatic carbocycles. The second-order valence-corrected chi connectivity index (χ2v) is 10.4. The Morgan fingerprint density at radius 2 is 1.69 bits per heavy atom. The Balaban J connectivity index is 1.07. The number of rotatable bonds is 7. The fraction of sp³-hybridized carbons (Fsp3) is 0.444. The van der Waals surface area contributed by atoms with Crippen molar-refractivity contribution in [2.75, 3.05) is 42.1 Å². The van der Waals surface area contributed by atoms with Crippen LogP contribution in [0.2, 0.25) is 0 Å². The number of hydrogen-bond acceptors (Lipinski definition) is 7. The third kappa shape index (κ3) is 6.24. The molecule has 184 valence electrons. The lowest BCUT2D eigenvalue weighted by Gasteiger charge is -2.41. The highest BCUT2D eigenvalue weighted by Crippen LogP contribution is 2.26. The number of benzene rings is 2. The number of hydrogen-bond donors (Lipinski definition) is 1. The minimum absolute atomic E-state index is 0.0982. The second-order valence-electron chi connectivity index (χ2n) is 9.44. The van der Waals surface area contributed by atoms with Crippen molar-refractivity contribution in [1.29, 1.82) is 0 Å². The third-order valence-electron chi connectivity index (χ3n) is 6.95. The fourth-order valence-electron chi connectivity index (χ4n) is 4.95. The molecule has 0 atom stereocenters. The van der Waals surface area contributed by atoms with E-state index < -0.39 is 0 Å². The maximum atomic E-state index is 12.4. The molecule has 0 radical (unpaired) electrons. The van der Waals surface area contributed by atoms with Gasteiger partial charge < -0.3 is 14.6 Å². The van der Waals surface area contributed by atoms with E-state index in [2.05, 4.69) is 37.4 Å². The van der Waals surface area contributed by atoms with Crippen LogP contribution in [0, 0.1) is 6.92 Å². The van der Waals surface area contributed by atoms with E-state index in [1.54, 1.807) is 0 Å². The van der Waals surface area contributed by atoms with Gasteiger partial charge in [0.2, 0.25) is 11.8 Å². The minimum atomic E-state index is -0.0982. The summed E-state index contributed by atoms with van der Waals surface area (Å²) in [7, 11) is 0. The first-order valence-electron chi connectivity index (χ1n) is 12.6. The molecule has 1 aliphatic heterocycles. The summed E-state index contributed by atoms with van der Waals surface area (Å²) in [6, 6.07) is 16.9. The van der Waals surface area contributed by atoms with Gasteiger partial charge in [0.05, 0.1) is 5.75 Å². The molecule has 35 heavy (non-hydrogen) atoms. The van der Waals surface area contributed by atoms with Gasteiger partial charge in [-0.3, -0.25) is 9.69 Å². The largest absolute Gasteiger partial charge is 0.411 e. The molecule has 7 nitrogen and oxygen atoms in total. The number of nitrogens with one attached hydrogen (secondary N) is 1. The SMILES string of the molecule is Cc1ccc(-c2nnc(SCC(=O)Nc3ccc(N4CCN(C5CCCCC5)CC4)cc3)o2)cc1. The van der Waals surface area contributed by atoms with Crippen molar-refractivity contribution in [1.82, 2.24) is 15.1 Å². The zero-order valence-corrected chi connectivity index (χ0v) is 21.1. The van der Waals surface area contributed by atoms with Crippen molar-refractivity contribution in [2.45, 2.75) is 50.3 Å². The zero-order valence-electron chi connectivity index (χ0n) is 20.3. The van der Waals surface area contributed by atoms with Crippen molar-refractivity contribution >= 4 is 29.0 Å². The van der Waals surface area contributed by atoms with Gasteiger partial charge in [-0.05, 0) is 56.2 Å². The average Bonchev–Trinajstić information content (AvgIpc) is 3.38. The number of aryl methyl sites for hydroxylation is 1. The van der Waals surface area contributed by atoms with Crippen LogP contribution in [0.1, 0.15) is 37.7 Å². The van der Waals surface area contributed by atoms with Gasteiger partial charge in [-0.15, -0.1) is 10.2 Å². The van der Waals surface area contributed by atoms with Crippen molar-refractivity contribution in [3.8, 4) is 11.5 Å². The molecule has 2 heterocycles. The molecular formula is C27H33N5O2S. The van der Waals surface area contributed by atoms with E-state index >= 15 is 0 Å². The van der Waals surface area contributed by atoms with Crippen molar-refractivity contribution < 1.29 is 9.21 Å². The molecule has 1 N–H and O–H groups in total. The van der Waals surface area contributed by atoms with Crippen LogP contribution >= 0.6 is 11.8 Å². The summed E-state index contributed by atoms with van der Waals surface area (Å²) < 4.78 is 5.69. The summed E-state index contributed by atoms with van der Waals surface area (Å²) in [4.78, 5) is 17.6. The standard InChI is InChI=1S/C27H33N5O2S/c1-20-7-9-21(10-8-20)26-29-30-27(34-26)35-19-25(33)28-22-11-13-24(14-12-22)32-17-15-31(16-18-32)23-5-3-2-4-6-23/h7-14,23H,2-6,15-19H2,1H3,(H,28,33). The summed E-state index contributed by atoms with van der Waals surface area (Å²) in [6.07, 6.45) is 6.92. The Morgan fingerprint density at radius 1 is 0.971 bits per heavy atom. The van der Waals surface area contributed by atoms with Crippen LogP contribution in [0.15, 0.2) is 58.2 Å². The number of amides is 1. The summed E-state index contributed by atoms with van der Waals surface area (Å²) in [5.41, 5.74) is 4.06. The Bertz CT molecular complexity index is 1100. The predicted octanol–water partition coefficient (Wildman–Crippen LogP) is 5.23. The van der Waals surface area contributed by atoms with E-state index in [1.807, 2.05) is 43.3 Å². The first-order valence-corrected chi connectivity index (χ1v) is 13.5. The van der Waals surface area contributed by atoms with Gasteiger partial charge in [0.1, 0.15) is 0 Å². The Labute approximate surface area is 211 Å². The van der Waals surface area contributed by atoms with Crippen molar-refractivity contribution in [3.05, 3.63) is 54.1 Å². The predicted molar refractivity (Wildman–Crippen MR) is 141 cm³/mol. The van der Waals surface area contributed by atoms with Gasteiger partial charge >= 0.3 is 0 Å². The molecule has 0 spiro atoms. The van der Waals surface area contributed by atoms with Crippen molar-refractivity contribution in [2.24, 2.45) is 0 Å². The molecule has 8 heteroatoms. The lowest BCUT2D eigenvalue weighted by Crippen LogP contribution is -2.50. The second kappa shape index (κ2) is 11.3. The van der Waals surface area contributed by atoms with E-state index in [-0.39, 0.29) is 11.7 Å². The molecule has 0 unspecified atom stereocenters. The highest BCUT2D eigenvalue weighted by molar-refractivity contribution is 7.99. The third-order valence-corrected chi connectivity index (χ3v) is 7.77. The number of nitrogens with zero attached hydrogens (tertiary/aromatic N) is 4. The van der Waals surface area contributed by atoms with Gasteiger partial charge in [0, 0.05) is 49.2 Å². The zero-order chi connectivity index (χ0) is 24.0. The van der Waals surface area contributed by atoms with Gasteiger partial charge in [-0.1, -0.05) is 48.7 Å². The molecule has 1 aliphatic carbocycles. The van der Waals surface area contributed by atoms with Crippen LogP contribution in [-0.2, 0) is 4.79 Å². The summed E-state index contributed by atoms with van der Waals surface area (Å²) in [5.74, 6) is 0.572. The highest BCUT2D eigenvalue weighted by Gasteiger charge is 2.25. The fourth-order valence-corrected chi connectivity index (χ4v) is 5.52. The lowest BCUT2D eigenvalue weighted by atomic mass is 9.94. The summed E-state index contributed by atoms with van der Waals surface area (Å²) in [6.45, 7) is 6.44. The van der Waals surface area contributed by atoms with Gasteiger partial charge in [0.25, 0.3) is 5.22 Å². The number of aromatic nitrogens is 2. The van der Waals surface area contributed by atoms with Gasteiger partial charge in [-0.25, -0.2) is 0 Å². The molecule has 2 aliphatic rings. The molecule has 2 fully saturated rings.